The van der Waals surface area contributed by atoms with Gasteiger partial charge in [-0.25, -0.2) is 4.98 Å². The number of benzene rings is 1. The summed E-state index contributed by atoms with van der Waals surface area (Å²) in [5.74, 6) is 1.20. The summed E-state index contributed by atoms with van der Waals surface area (Å²) >= 11 is 0. The van der Waals surface area contributed by atoms with Crippen LogP contribution in [0.25, 0.3) is 0 Å². The number of nitrogens with one attached hydrogen (secondary N) is 2. The lowest BCUT2D eigenvalue weighted by molar-refractivity contribution is -0.0504. The van der Waals surface area contributed by atoms with Crippen molar-refractivity contribution in [2.75, 3.05) is 20.7 Å². The molecule has 2 rings (SSSR count). The molecule has 0 aliphatic heterocycles. The van der Waals surface area contributed by atoms with E-state index in [1.165, 1.54) is 13.2 Å². The SMILES string of the molecule is CN=C(NCCn1ccnc1)NCc1cc(OC)ccc1OC(F)F.I. The number of aromatic nitrogens is 2. The summed E-state index contributed by atoms with van der Waals surface area (Å²) in [4.78, 5) is 8.07. The Balaban J connectivity index is 0.00000338. The Morgan fingerprint density at radius 3 is 2.77 bits per heavy atom. The first-order chi connectivity index (χ1) is 12.1. The maximum atomic E-state index is 12.5. The number of aliphatic imine (C=N–C) groups is 1. The van der Waals surface area contributed by atoms with Crippen molar-refractivity contribution in [2.24, 2.45) is 4.99 Å². The van der Waals surface area contributed by atoms with E-state index in [1.807, 2.05) is 10.8 Å². The summed E-state index contributed by atoms with van der Waals surface area (Å²) in [7, 11) is 3.14. The molecule has 0 saturated carbocycles. The van der Waals surface area contributed by atoms with Gasteiger partial charge >= 0.3 is 6.61 Å². The van der Waals surface area contributed by atoms with Gasteiger partial charge in [0.05, 0.1) is 13.4 Å². The number of hydrogen-bond donors (Lipinski definition) is 2. The maximum absolute atomic E-state index is 12.5. The van der Waals surface area contributed by atoms with E-state index in [0.29, 0.717) is 23.8 Å². The Hall–Kier alpha value is -2.11. The highest BCUT2D eigenvalue weighted by molar-refractivity contribution is 14.0. The number of alkyl halides is 2. The quantitative estimate of drug-likeness (QED) is 0.345. The molecular weight excluding hydrogens is 459 g/mol. The fourth-order valence-electron chi connectivity index (χ4n) is 2.15. The second kappa shape index (κ2) is 11.5. The second-order valence-corrected chi connectivity index (χ2v) is 5.01. The summed E-state index contributed by atoms with van der Waals surface area (Å²) in [6.07, 6.45) is 5.30. The Bertz CT molecular complexity index is 683. The van der Waals surface area contributed by atoms with E-state index >= 15 is 0 Å². The van der Waals surface area contributed by atoms with Gasteiger partial charge in [0.15, 0.2) is 5.96 Å². The van der Waals surface area contributed by atoms with Gasteiger partial charge in [0.2, 0.25) is 0 Å². The van der Waals surface area contributed by atoms with Crippen LogP contribution in [0.2, 0.25) is 0 Å². The number of rotatable bonds is 8. The molecule has 0 atom stereocenters. The third kappa shape index (κ3) is 7.02. The molecule has 2 aromatic rings. The highest BCUT2D eigenvalue weighted by Gasteiger charge is 2.11. The van der Waals surface area contributed by atoms with Crippen molar-refractivity contribution < 1.29 is 18.3 Å². The van der Waals surface area contributed by atoms with Gasteiger partial charge in [-0.2, -0.15) is 8.78 Å². The molecule has 1 heterocycles. The van der Waals surface area contributed by atoms with Gasteiger partial charge in [0.25, 0.3) is 0 Å². The summed E-state index contributed by atoms with van der Waals surface area (Å²) in [5, 5.41) is 6.20. The molecule has 0 spiro atoms. The molecule has 2 N–H and O–H groups in total. The third-order valence-corrected chi connectivity index (χ3v) is 3.38. The summed E-state index contributed by atoms with van der Waals surface area (Å²) < 4.78 is 36.7. The van der Waals surface area contributed by atoms with E-state index in [-0.39, 0.29) is 36.3 Å². The molecule has 1 aromatic carbocycles. The van der Waals surface area contributed by atoms with Crippen molar-refractivity contribution in [2.45, 2.75) is 19.7 Å². The highest BCUT2D eigenvalue weighted by atomic mass is 127. The minimum Gasteiger partial charge on any atom is -0.497 e. The van der Waals surface area contributed by atoms with E-state index < -0.39 is 6.61 Å². The molecule has 0 radical (unpaired) electrons. The van der Waals surface area contributed by atoms with E-state index in [0.717, 1.165) is 6.54 Å². The smallest absolute Gasteiger partial charge is 0.387 e. The first kappa shape index (κ1) is 21.9. The van der Waals surface area contributed by atoms with Gasteiger partial charge in [0, 0.05) is 44.6 Å². The van der Waals surface area contributed by atoms with Crippen molar-refractivity contribution >= 4 is 29.9 Å². The van der Waals surface area contributed by atoms with Crippen LogP contribution in [-0.4, -0.2) is 42.8 Å². The van der Waals surface area contributed by atoms with Crippen molar-refractivity contribution in [1.82, 2.24) is 20.2 Å². The fraction of sp³-hybridized carbons (Fsp3) is 0.375. The van der Waals surface area contributed by atoms with E-state index in [1.54, 1.807) is 31.7 Å². The molecule has 7 nitrogen and oxygen atoms in total. The van der Waals surface area contributed by atoms with Crippen LogP contribution in [0.4, 0.5) is 8.78 Å². The Kier molecular flexibility index (Phi) is 9.70. The van der Waals surface area contributed by atoms with Gasteiger partial charge in [0.1, 0.15) is 11.5 Å². The lowest BCUT2D eigenvalue weighted by Crippen LogP contribution is -2.38. The van der Waals surface area contributed by atoms with Crippen LogP contribution in [0, 0.1) is 0 Å². The van der Waals surface area contributed by atoms with E-state index in [9.17, 15) is 8.78 Å². The van der Waals surface area contributed by atoms with Gasteiger partial charge < -0.3 is 24.7 Å². The largest absolute Gasteiger partial charge is 0.497 e. The zero-order chi connectivity index (χ0) is 18.1. The predicted octanol–water partition coefficient (Wildman–Crippen LogP) is 2.48. The zero-order valence-corrected chi connectivity index (χ0v) is 16.8. The topological polar surface area (TPSA) is 72.7 Å². The van der Waals surface area contributed by atoms with Crippen LogP contribution in [-0.2, 0) is 13.1 Å². The van der Waals surface area contributed by atoms with Crippen LogP contribution >= 0.6 is 24.0 Å². The molecule has 0 saturated heterocycles. The number of imidazole rings is 1. The normalized spacial score (nSPS) is 11.0. The number of guanidine groups is 1. The fourth-order valence-corrected chi connectivity index (χ4v) is 2.15. The van der Waals surface area contributed by atoms with Crippen LogP contribution in [0.5, 0.6) is 11.5 Å². The lowest BCUT2D eigenvalue weighted by Gasteiger charge is -2.15. The number of methoxy groups -OCH3 is 1. The van der Waals surface area contributed by atoms with E-state index in [2.05, 4.69) is 25.3 Å². The molecular formula is C16H22F2IN5O2. The summed E-state index contributed by atoms with van der Waals surface area (Å²) in [6, 6.07) is 4.67. The van der Waals surface area contributed by atoms with Gasteiger partial charge in [-0.1, -0.05) is 0 Å². The van der Waals surface area contributed by atoms with Crippen LogP contribution in [0.15, 0.2) is 41.9 Å². The molecule has 144 valence electrons. The third-order valence-electron chi connectivity index (χ3n) is 3.38. The summed E-state index contributed by atoms with van der Waals surface area (Å²) in [5.41, 5.74) is 0.539. The molecule has 0 unspecified atom stereocenters. The molecule has 0 fully saturated rings. The average molecular weight is 481 g/mol. The molecule has 1 aromatic heterocycles. The zero-order valence-electron chi connectivity index (χ0n) is 14.5. The van der Waals surface area contributed by atoms with Gasteiger partial charge in [-0.15, -0.1) is 24.0 Å². The number of ether oxygens (including phenoxy) is 2. The Labute approximate surface area is 167 Å². The van der Waals surface area contributed by atoms with Crippen molar-refractivity contribution in [3.8, 4) is 11.5 Å². The monoisotopic (exact) mass is 481 g/mol. The standard InChI is InChI=1S/C16H21F2N5O2.HI/c1-19-16(21-6-8-23-7-5-20-11-23)22-10-12-9-13(24-2)3-4-14(12)25-15(17)18;/h3-5,7,9,11,15H,6,8,10H2,1-2H3,(H2,19,21,22);1H. The van der Waals surface area contributed by atoms with Gasteiger partial charge in [-0.05, 0) is 18.2 Å². The number of hydrogen-bond acceptors (Lipinski definition) is 4. The Morgan fingerprint density at radius 1 is 1.35 bits per heavy atom. The first-order valence-electron chi connectivity index (χ1n) is 7.64. The van der Waals surface area contributed by atoms with E-state index in [4.69, 9.17) is 4.74 Å². The molecule has 0 aliphatic rings. The van der Waals surface area contributed by atoms with Crippen molar-refractivity contribution in [1.29, 1.82) is 0 Å². The van der Waals surface area contributed by atoms with Crippen molar-refractivity contribution in [3.63, 3.8) is 0 Å². The second-order valence-electron chi connectivity index (χ2n) is 5.01. The minimum absolute atomic E-state index is 0. The van der Waals surface area contributed by atoms with Crippen LogP contribution in [0.1, 0.15) is 5.56 Å². The summed E-state index contributed by atoms with van der Waals surface area (Å²) in [6.45, 7) is -1.28. The predicted molar refractivity (Wildman–Crippen MR) is 105 cm³/mol. The molecule has 0 bridgehead atoms. The molecule has 10 heteroatoms. The minimum atomic E-state index is -2.89. The molecule has 0 aliphatic carbocycles. The van der Waals surface area contributed by atoms with Crippen molar-refractivity contribution in [3.05, 3.63) is 42.5 Å². The lowest BCUT2D eigenvalue weighted by atomic mass is 10.2. The average Bonchev–Trinajstić information content (AvgIpc) is 3.12. The number of halogens is 3. The first-order valence-corrected chi connectivity index (χ1v) is 7.64. The molecule has 0 amide bonds. The van der Waals surface area contributed by atoms with Crippen LogP contribution in [0.3, 0.4) is 0 Å². The molecule has 26 heavy (non-hydrogen) atoms. The Morgan fingerprint density at radius 2 is 2.15 bits per heavy atom. The van der Waals surface area contributed by atoms with Gasteiger partial charge in [-0.3, -0.25) is 4.99 Å². The maximum Gasteiger partial charge on any atom is 0.387 e. The van der Waals surface area contributed by atoms with Crippen LogP contribution < -0.4 is 20.1 Å². The highest BCUT2D eigenvalue weighted by Crippen LogP contribution is 2.25. The number of nitrogens with zero attached hydrogens (tertiary/aromatic N) is 3.